The van der Waals surface area contributed by atoms with Gasteiger partial charge >= 0.3 is 12.0 Å². The van der Waals surface area contributed by atoms with E-state index in [1.54, 1.807) is 19.4 Å². The average molecular weight is 294 g/mol. The van der Waals surface area contributed by atoms with Gasteiger partial charge in [-0.05, 0) is 26.2 Å². The maximum atomic E-state index is 11.8. The largest absolute Gasteiger partial charge is 0.481 e. The lowest BCUT2D eigenvalue weighted by molar-refractivity contribution is -0.148. The fourth-order valence-corrected chi connectivity index (χ4v) is 2.75. The van der Waals surface area contributed by atoms with Crippen LogP contribution in [0.25, 0.3) is 0 Å². The summed E-state index contributed by atoms with van der Waals surface area (Å²) >= 11 is 0. The molecule has 2 rings (SSSR count). The number of carboxylic acid groups (broad SMARTS) is 1. The average Bonchev–Trinajstić information content (AvgIpc) is 3.06. The summed E-state index contributed by atoms with van der Waals surface area (Å²) in [6.07, 6.45) is 8.26. The molecule has 1 heterocycles. The first kappa shape index (κ1) is 15.3. The van der Waals surface area contributed by atoms with Gasteiger partial charge in [0.05, 0.1) is 11.7 Å². The van der Waals surface area contributed by atoms with Crippen molar-refractivity contribution in [2.75, 3.05) is 6.54 Å². The van der Waals surface area contributed by atoms with Crippen LogP contribution >= 0.6 is 0 Å². The van der Waals surface area contributed by atoms with Crippen LogP contribution in [0.5, 0.6) is 0 Å². The summed E-state index contributed by atoms with van der Waals surface area (Å²) in [6, 6.07) is -0.594. The minimum absolute atomic E-state index is 0.292. The number of imidazole rings is 1. The molecule has 0 bridgehead atoms. The Labute approximate surface area is 123 Å². The smallest absolute Gasteiger partial charge is 0.315 e. The molecule has 0 spiro atoms. The van der Waals surface area contributed by atoms with Crippen molar-refractivity contribution in [3.05, 3.63) is 18.7 Å². The Bertz CT molecular complexity index is 488. The normalized spacial score (nSPS) is 24.7. The maximum absolute atomic E-state index is 11.8. The minimum atomic E-state index is -0.853. The number of nitrogens with one attached hydrogen (secondary N) is 2. The molecular weight excluding hydrogens is 272 g/mol. The van der Waals surface area contributed by atoms with Gasteiger partial charge in [-0.1, -0.05) is 6.42 Å². The number of urea groups is 1. The predicted molar refractivity (Wildman–Crippen MR) is 76.8 cm³/mol. The molecule has 2 unspecified atom stereocenters. The Balaban J connectivity index is 1.70. The molecule has 1 aromatic rings. The molecule has 1 saturated carbocycles. The molecule has 2 atom stereocenters. The number of hydrogen-bond donors (Lipinski definition) is 3. The number of carbonyl (C=O) groups excluding carboxylic acids is 1. The standard InChI is InChI=1S/C14H22N4O3/c1-14(12(19)20)5-2-4-11(14)17-13(21)16-6-3-8-18-9-7-15-10-18/h7,9-11H,2-6,8H2,1H3,(H,19,20)(H2,16,17,21). The van der Waals surface area contributed by atoms with Crippen LogP contribution in [0.4, 0.5) is 4.79 Å². The van der Waals surface area contributed by atoms with E-state index in [0.29, 0.717) is 19.4 Å². The van der Waals surface area contributed by atoms with Crippen LogP contribution in [-0.2, 0) is 11.3 Å². The Kier molecular flexibility index (Phi) is 4.82. The molecule has 21 heavy (non-hydrogen) atoms. The van der Waals surface area contributed by atoms with Crippen molar-refractivity contribution in [3.63, 3.8) is 0 Å². The number of amides is 2. The summed E-state index contributed by atoms with van der Waals surface area (Å²) in [5, 5.41) is 14.9. The zero-order chi connectivity index (χ0) is 15.3. The fourth-order valence-electron chi connectivity index (χ4n) is 2.75. The van der Waals surface area contributed by atoms with Crippen molar-refractivity contribution >= 4 is 12.0 Å². The van der Waals surface area contributed by atoms with E-state index in [0.717, 1.165) is 19.4 Å². The van der Waals surface area contributed by atoms with Crippen LogP contribution in [0, 0.1) is 5.41 Å². The van der Waals surface area contributed by atoms with Crippen LogP contribution in [0.2, 0.25) is 0 Å². The highest BCUT2D eigenvalue weighted by Crippen LogP contribution is 2.38. The lowest BCUT2D eigenvalue weighted by atomic mass is 9.85. The third kappa shape index (κ3) is 3.74. The monoisotopic (exact) mass is 294 g/mol. The van der Waals surface area contributed by atoms with Crippen LogP contribution < -0.4 is 10.6 Å². The van der Waals surface area contributed by atoms with E-state index in [2.05, 4.69) is 15.6 Å². The summed E-state index contributed by atoms with van der Waals surface area (Å²) in [5.41, 5.74) is -0.853. The quantitative estimate of drug-likeness (QED) is 0.687. The highest BCUT2D eigenvalue weighted by molar-refractivity contribution is 5.79. The first-order valence-corrected chi connectivity index (χ1v) is 7.26. The Morgan fingerprint density at radius 1 is 1.52 bits per heavy atom. The van der Waals surface area contributed by atoms with E-state index in [1.165, 1.54) is 0 Å². The lowest BCUT2D eigenvalue weighted by Crippen LogP contribution is -2.50. The summed E-state index contributed by atoms with van der Waals surface area (Å²) in [4.78, 5) is 27.1. The molecule has 1 aliphatic rings. The second-order valence-corrected chi connectivity index (χ2v) is 5.72. The van der Waals surface area contributed by atoms with Gasteiger partial charge in [0.1, 0.15) is 0 Å². The molecular formula is C14H22N4O3. The Morgan fingerprint density at radius 3 is 3.00 bits per heavy atom. The van der Waals surface area contributed by atoms with Crippen molar-refractivity contribution in [1.82, 2.24) is 20.2 Å². The third-order valence-electron chi connectivity index (χ3n) is 4.19. The summed E-state index contributed by atoms with van der Waals surface area (Å²) < 4.78 is 1.94. The number of rotatable bonds is 6. The summed E-state index contributed by atoms with van der Waals surface area (Å²) in [5.74, 6) is -0.842. The highest BCUT2D eigenvalue weighted by atomic mass is 16.4. The Hall–Kier alpha value is -2.05. The number of carboxylic acids is 1. The summed E-state index contributed by atoms with van der Waals surface area (Å²) in [6.45, 7) is 3.03. The minimum Gasteiger partial charge on any atom is -0.481 e. The molecule has 116 valence electrons. The van der Waals surface area contributed by atoms with Crippen molar-refractivity contribution in [1.29, 1.82) is 0 Å². The summed E-state index contributed by atoms with van der Waals surface area (Å²) in [7, 11) is 0. The van der Waals surface area contributed by atoms with E-state index in [4.69, 9.17) is 0 Å². The number of aromatic nitrogens is 2. The van der Waals surface area contributed by atoms with Gasteiger partial charge in [0.2, 0.25) is 0 Å². The van der Waals surface area contributed by atoms with Crippen molar-refractivity contribution in [2.45, 2.75) is 45.2 Å². The molecule has 0 aliphatic heterocycles. The maximum Gasteiger partial charge on any atom is 0.315 e. The lowest BCUT2D eigenvalue weighted by Gasteiger charge is -2.27. The molecule has 7 heteroatoms. The van der Waals surface area contributed by atoms with E-state index < -0.39 is 11.4 Å². The molecule has 3 N–H and O–H groups in total. The number of hydrogen-bond acceptors (Lipinski definition) is 3. The van der Waals surface area contributed by atoms with Gasteiger partial charge < -0.3 is 20.3 Å². The molecule has 0 aromatic carbocycles. The second kappa shape index (κ2) is 6.60. The molecule has 1 aromatic heterocycles. The zero-order valence-corrected chi connectivity index (χ0v) is 12.2. The van der Waals surface area contributed by atoms with E-state index >= 15 is 0 Å². The third-order valence-corrected chi connectivity index (χ3v) is 4.19. The van der Waals surface area contributed by atoms with Gasteiger partial charge in [0.25, 0.3) is 0 Å². The predicted octanol–water partition coefficient (Wildman–Crippen LogP) is 1.22. The van der Waals surface area contributed by atoms with Gasteiger partial charge in [-0.3, -0.25) is 4.79 Å². The Morgan fingerprint density at radius 2 is 2.33 bits per heavy atom. The number of carbonyl (C=O) groups is 2. The van der Waals surface area contributed by atoms with Crippen LogP contribution in [0.15, 0.2) is 18.7 Å². The van der Waals surface area contributed by atoms with Crippen LogP contribution in [-0.4, -0.2) is 39.2 Å². The van der Waals surface area contributed by atoms with Gasteiger partial charge in [-0.25, -0.2) is 9.78 Å². The molecule has 1 aliphatic carbocycles. The number of aliphatic carboxylic acids is 1. The SMILES string of the molecule is CC1(C(=O)O)CCCC1NC(=O)NCCCn1ccnc1. The van der Waals surface area contributed by atoms with Gasteiger partial charge in [0, 0.05) is 31.5 Å². The van der Waals surface area contributed by atoms with Crippen molar-refractivity contribution in [2.24, 2.45) is 5.41 Å². The fraction of sp³-hybridized carbons (Fsp3) is 0.643. The molecule has 1 fully saturated rings. The second-order valence-electron chi connectivity index (χ2n) is 5.72. The topological polar surface area (TPSA) is 96.3 Å². The van der Waals surface area contributed by atoms with E-state index in [1.807, 2.05) is 10.8 Å². The zero-order valence-electron chi connectivity index (χ0n) is 12.2. The van der Waals surface area contributed by atoms with Crippen molar-refractivity contribution < 1.29 is 14.7 Å². The highest BCUT2D eigenvalue weighted by Gasteiger charge is 2.45. The molecule has 7 nitrogen and oxygen atoms in total. The van der Waals surface area contributed by atoms with E-state index in [-0.39, 0.29) is 12.1 Å². The van der Waals surface area contributed by atoms with Crippen LogP contribution in [0.3, 0.4) is 0 Å². The van der Waals surface area contributed by atoms with Crippen LogP contribution in [0.1, 0.15) is 32.6 Å². The molecule has 2 amide bonds. The first-order valence-electron chi connectivity index (χ1n) is 7.26. The van der Waals surface area contributed by atoms with E-state index in [9.17, 15) is 14.7 Å². The van der Waals surface area contributed by atoms with Gasteiger partial charge in [-0.15, -0.1) is 0 Å². The molecule has 0 saturated heterocycles. The van der Waals surface area contributed by atoms with Crippen molar-refractivity contribution in [3.8, 4) is 0 Å². The molecule has 0 radical (unpaired) electrons. The number of nitrogens with zero attached hydrogens (tertiary/aromatic N) is 2. The van der Waals surface area contributed by atoms with Gasteiger partial charge in [-0.2, -0.15) is 0 Å². The number of aryl methyl sites for hydroxylation is 1. The van der Waals surface area contributed by atoms with Gasteiger partial charge in [0.15, 0.2) is 0 Å². The first-order chi connectivity index (χ1) is 10.0.